The fraction of sp³-hybridized carbons (Fsp3) is 0.900. The number of hydrogen-bond donors (Lipinski definition) is 1. The molecule has 2 atom stereocenters. The number of aromatic nitrogens is 4. The highest BCUT2D eigenvalue weighted by Gasteiger charge is 2.30. The monoisotopic (exact) mass is 243 g/mol. The van der Waals surface area contributed by atoms with Crippen molar-refractivity contribution in [3.63, 3.8) is 0 Å². The lowest BCUT2D eigenvalue weighted by Crippen LogP contribution is -2.45. The van der Waals surface area contributed by atoms with Gasteiger partial charge in [-0.2, -0.15) is 4.80 Å². The molecule has 7 heteroatoms. The van der Waals surface area contributed by atoms with Gasteiger partial charge in [0.1, 0.15) is 5.67 Å². The number of nitrogens with one attached hydrogen (secondary N) is 1. The Kier molecular flexibility index (Phi) is 3.68. The third kappa shape index (κ3) is 3.71. The highest BCUT2D eigenvalue weighted by atomic mass is 19.1. The minimum Gasteiger partial charge on any atom is -0.379 e. The van der Waals surface area contributed by atoms with Crippen LogP contribution in [0.2, 0.25) is 0 Å². The van der Waals surface area contributed by atoms with Crippen LogP contribution >= 0.6 is 0 Å². The molecule has 0 bridgehead atoms. The third-order valence-corrected chi connectivity index (χ3v) is 2.75. The predicted molar refractivity (Wildman–Crippen MR) is 59.2 cm³/mol. The van der Waals surface area contributed by atoms with E-state index < -0.39 is 5.67 Å². The van der Waals surface area contributed by atoms with Crippen LogP contribution < -0.4 is 5.32 Å². The molecule has 0 amide bonds. The van der Waals surface area contributed by atoms with Crippen LogP contribution in [0.15, 0.2) is 0 Å². The maximum absolute atomic E-state index is 14.4. The minimum atomic E-state index is -1.35. The van der Waals surface area contributed by atoms with Crippen molar-refractivity contribution in [3.05, 3.63) is 5.82 Å². The average Bonchev–Trinajstić information content (AvgIpc) is 2.63. The lowest BCUT2D eigenvalue weighted by Gasteiger charge is -2.29. The number of alkyl halides is 1. The molecule has 0 aromatic carbocycles. The van der Waals surface area contributed by atoms with Crippen molar-refractivity contribution < 1.29 is 9.13 Å². The van der Waals surface area contributed by atoms with Gasteiger partial charge in [0.2, 0.25) is 0 Å². The fourth-order valence-electron chi connectivity index (χ4n) is 2.06. The molecule has 2 unspecified atom stereocenters. The summed E-state index contributed by atoms with van der Waals surface area (Å²) in [4.78, 5) is 1.34. The van der Waals surface area contributed by atoms with Crippen molar-refractivity contribution in [2.24, 2.45) is 7.05 Å². The smallest absolute Gasteiger partial charge is 0.177 e. The number of halogens is 1. The highest BCUT2D eigenvalue weighted by Crippen LogP contribution is 2.22. The molecule has 1 N–H and O–H groups in total. The van der Waals surface area contributed by atoms with Gasteiger partial charge in [0.15, 0.2) is 5.82 Å². The molecule has 1 saturated heterocycles. The van der Waals surface area contributed by atoms with Crippen molar-refractivity contribution in [1.82, 2.24) is 25.5 Å². The fourth-order valence-corrected chi connectivity index (χ4v) is 2.06. The molecule has 0 spiro atoms. The Bertz CT molecular complexity index is 361. The molecular formula is C10H18FN5O. The Morgan fingerprint density at radius 1 is 1.65 bits per heavy atom. The van der Waals surface area contributed by atoms with E-state index in [1.807, 2.05) is 0 Å². The predicted octanol–water partition coefficient (Wildman–Crippen LogP) is -0.141. The second-order valence-electron chi connectivity index (χ2n) is 4.72. The van der Waals surface area contributed by atoms with Gasteiger partial charge in [0.25, 0.3) is 0 Å². The maximum atomic E-state index is 14.4. The number of ether oxygens (including phenoxy) is 1. The number of nitrogens with zero attached hydrogens (tertiary/aromatic N) is 4. The Hall–Kier alpha value is -1.08. The molecule has 6 nitrogen and oxygen atoms in total. The quantitative estimate of drug-likeness (QED) is 0.797. The minimum absolute atomic E-state index is 0.0652. The van der Waals surface area contributed by atoms with Gasteiger partial charge in [-0.25, -0.2) is 4.39 Å². The largest absolute Gasteiger partial charge is 0.379 e. The van der Waals surface area contributed by atoms with Gasteiger partial charge >= 0.3 is 0 Å². The Balaban J connectivity index is 1.88. The van der Waals surface area contributed by atoms with E-state index in [0.29, 0.717) is 25.5 Å². The van der Waals surface area contributed by atoms with Crippen molar-refractivity contribution in [1.29, 1.82) is 0 Å². The molecule has 0 aliphatic carbocycles. The molecule has 0 radical (unpaired) electrons. The summed E-state index contributed by atoms with van der Waals surface area (Å²) in [6, 6.07) is 0.0652. The summed E-state index contributed by atoms with van der Waals surface area (Å²) in [6.07, 6.45) is 0.574. The first-order valence-electron chi connectivity index (χ1n) is 5.78. The molecule has 1 aliphatic rings. The van der Waals surface area contributed by atoms with E-state index in [4.69, 9.17) is 4.74 Å². The van der Waals surface area contributed by atoms with Gasteiger partial charge in [-0.1, -0.05) is 0 Å². The summed E-state index contributed by atoms with van der Waals surface area (Å²) in [6.45, 7) is 3.61. The van der Waals surface area contributed by atoms with E-state index in [1.54, 1.807) is 14.0 Å². The third-order valence-electron chi connectivity index (χ3n) is 2.75. The molecule has 1 aromatic heterocycles. The first-order valence-corrected chi connectivity index (χ1v) is 5.78. The molecule has 1 aromatic rings. The van der Waals surface area contributed by atoms with E-state index in [2.05, 4.69) is 20.7 Å². The zero-order chi connectivity index (χ0) is 12.3. The topological polar surface area (TPSA) is 64.9 Å². The highest BCUT2D eigenvalue weighted by molar-refractivity contribution is 4.92. The molecule has 2 heterocycles. The zero-order valence-corrected chi connectivity index (χ0v) is 10.2. The summed E-state index contributed by atoms with van der Waals surface area (Å²) < 4.78 is 19.7. The standard InChI is InChI=1S/C10H18FN5O/c1-10(11,5-8-7-17-4-3-12-8)6-9-13-15-16(2)14-9/h8,12H,3-7H2,1-2H3. The lowest BCUT2D eigenvalue weighted by atomic mass is 9.95. The van der Waals surface area contributed by atoms with Crippen LogP contribution in [-0.2, 0) is 18.2 Å². The molecule has 0 saturated carbocycles. The van der Waals surface area contributed by atoms with Gasteiger partial charge in [-0.3, -0.25) is 0 Å². The zero-order valence-electron chi connectivity index (χ0n) is 10.2. The summed E-state index contributed by atoms with van der Waals surface area (Å²) >= 11 is 0. The number of hydrogen-bond acceptors (Lipinski definition) is 5. The van der Waals surface area contributed by atoms with Crippen molar-refractivity contribution in [2.45, 2.75) is 31.5 Å². The van der Waals surface area contributed by atoms with Crippen LogP contribution in [0, 0.1) is 0 Å². The molecule has 2 rings (SSSR count). The normalized spacial score (nSPS) is 24.5. The molecule has 1 fully saturated rings. The van der Waals surface area contributed by atoms with Crippen LogP contribution in [0.1, 0.15) is 19.2 Å². The number of aryl methyl sites for hydroxylation is 1. The van der Waals surface area contributed by atoms with E-state index in [1.165, 1.54) is 4.80 Å². The molecule has 96 valence electrons. The van der Waals surface area contributed by atoms with Gasteiger partial charge in [-0.05, 0) is 18.6 Å². The van der Waals surface area contributed by atoms with Crippen LogP contribution in [0.5, 0.6) is 0 Å². The van der Waals surface area contributed by atoms with Crippen LogP contribution in [0.25, 0.3) is 0 Å². The molecule has 1 aliphatic heterocycles. The second-order valence-corrected chi connectivity index (χ2v) is 4.72. The first kappa shape index (κ1) is 12.4. The maximum Gasteiger partial charge on any atom is 0.177 e. The van der Waals surface area contributed by atoms with Crippen molar-refractivity contribution >= 4 is 0 Å². The Morgan fingerprint density at radius 2 is 2.47 bits per heavy atom. The molecule has 17 heavy (non-hydrogen) atoms. The van der Waals surface area contributed by atoms with Gasteiger partial charge in [-0.15, -0.1) is 10.2 Å². The molecular weight excluding hydrogens is 225 g/mol. The number of morpholine rings is 1. The number of rotatable bonds is 4. The van der Waals surface area contributed by atoms with E-state index in [0.717, 1.165) is 6.54 Å². The van der Waals surface area contributed by atoms with E-state index in [9.17, 15) is 4.39 Å². The lowest BCUT2D eigenvalue weighted by molar-refractivity contribution is 0.0478. The van der Waals surface area contributed by atoms with E-state index in [-0.39, 0.29) is 12.5 Å². The van der Waals surface area contributed by atoms with Crippen molar-refractivity contribution in [3.8, 4) is 0 Å². The van der Waals surface area contributed by atoms with E-state index >= 15 is 0 Å². The first-order chi connectivity index (χ1) is 8.05. The van der Waals surface area contributed by atoms with Crippen molar-refractivity contribution in [2.75, 3.05) is 19.8 Å². The van der Waals surface area contributed by atoms with Gasteiger partial charge in [0.05, 0.1) is 20.3 Å². The summed E-state index contributed by atoms with van der Waals surface area (Å²) in [5.41, 5.74) is -1.35. The summed E-state index contributed by atoms with van der Waals surface area (Å²) in [7, 11) is 1.67. The Labute approximate surface area is 99.5 Å². The van der Waals surface area contributed by atoms with Crippen LogP contribution in [0.4, 0.5) is 4.39 Å². The second kappa shape index (κ2) is 5.05. The summed E-state index contributed by atoms with van der Waals surface area (Å²) in [5.74, 6) is 0.439. The summed E-state index contributed by atoms with van der Waals surface area (Å²) in [5, 5.41) is 14.7. The SMILES string of the molecule is Cn1nnc(CC(C)(F)CC2COCCN2)n1. The number of tetrazole rings is 1. The average molecular weight is 243 g/mol. The van der Waals surface area contributed by atoms with Gasteiger partial charge < -0.3 is 10.1 Å². The van der Waals surface area contributed by atoms with Gasteiger partial charge in [0, 0.05) is 19.0 Å². The van der Waals surface area contributed by atoms with Crippen LogP contribution in [-0.4, -0.2) is 51.7 Å². The van der Waals surface area contributed by atoms with Crippen LogP contribution in [0.3, 0.4) is 0 Å². The Morgan fingerprint density at radius 3 is 3.06 bits per heavy atom.